The summed E-state index contributed by atoms with van der Waals surface area (Å²) >= 11 is 1.10. The van der Waals surface area contributed by atoms with Crippen LogP contribution in [0, 0.1) is 17.6 Å². The quantitative estimate of drug-likeness (QED) is 0.479. The fourth-order valence-electron chi connectivity index (χ4n) is 3.57. The van der Waals surface area contributed by atoms with E-state index in [4.69, 9.17) is 5.84 Å². The van der Waals surface area contributed by atoms with E-state index in [9.17, 15) is 22.4 Å². The Morgan fingerprint density at radius 3 is 2.52 bits per heavy atom. The van der Waals surface area contributed by atoms with Crippen LogP contribution in [0.2, 0.25) is 0 Å². The molecule has 1 aliphatic carbocycles. The highest BCUT2D eigenvalue weighted by atomic mass is 32.1. The number of nitrogens with zero attached hydrogens (tertiary/aromatic N) is 2. The van der Waals surface area contributed by atoms with Gasteiger partial charge in [0.05, 0.1) is 11.3 Å². The van der Waals surface area contributed by atoms with Crippen LogP contribution < -0.4 is 10.9 Å². The Hall–Kier alpha value is -2.26. The fraction of sp³-hybridized carbons (Fsp3) is 0.333. The third-order valence-electron chi connectivity index (χ3n) is 4.92. The standard InChI is InChI=1S/C18H15F4N3OS/c1-7-17(26)25(23)18-13(9-5-8(16(21)22)6-12(9)27-18)15(24-7)14-10(19)3-2-4-11(14)20/h2-4,7-8,16H,5-6,23H2,1H3/t7-,8?/m0/s1. The molecule has 9 heteroatoms. The Morgan fingerprint density at radius 1 is 1.22 bits per heavy atom. The van der Waals surface area contributed by atoms with Crippen molar-refractivity contribution >= 4 is 28.0 Å². The molecule has 2 N–H and O–H groups in total. The highest BCUT2D eigenvalue weighted by molar-refractivity contribution is 7.17. The number of halogens is 4. The third-order valence-corrected chi connectivity index (χ3v) is 6.17. The zero-order chi connectivity index (χ0) is 19.5. The number of rotatable bonds is 2. The molecule has 0 spiro atoms. The maximum absolute atomic E-state index is 14.5. The van der Waals surface area contributed by atoms with Crippen molar-refractivity contribution in [3.05, 3.63) is 51.4 Å². The number of carbonyl (C=O) groups is 1. The number of aliphatic imine (C=N–C) groups is 1. The van der Waals surface area contributed by atoms with Gasteiger partial charge in [-0.05, 0) is 37.5 Å². The molecule has 0 saturated carbocycles. The van der Waals surface area contributed by atoms with Gasteiger partial charge < -0.3 is 0 Å². The molecule has 1 aliphatic heterocycles. The van der Waals surface area contributed by atoms with Gasteiger partial charge >= 0.3 is 0 Å². The van der Waals surface area contributed by atoms with Gasteiger partial charge in [-0.15, -0.1) is 11.3 Å². The van der Waals surface area contributed by atoms with Crippen molar-refractivity contribution < 1.29 is 22.4 Å². The first kappa shape index (κ1) is 18.1. The molecular formula is C18H15F4N3OS. The molecule has 4 rings (SSSR count). The molecule has 1 amide bonds. The molecule has 142 valence electrons. The molecule has 1 unspecified atom stereocenters. The van der Waals surface area contributed by atoms with Gasteiger partial charge in [-0.1, -0.05) is 6.07 Å². The first-order chi connectivity index (χ1) is 12.8. The molecule has 4 nitrogen and oxygen atoms in total. The number of alkyl halides is 2. The molecule has 0 saturated heterocycles. The smallest absolute Gasteiger partial charge is 0.266 e. The maximum Gasteiger partial charge on any atom is 0.266 e. The van der Waals surface area contributed by atoms with Crippen LogP contribution in [0.25, 0.3) is 0 Å². The number of fused-ring (bicyclic) bond motifs is 3. The number of thiophene rings is 1. The van der Waals surface area contributed by atoms with Gasteiger partial charge in [0.1, 0.15) is 22.7 Å². The predicted molar refractivity (Wildman–Crippen MR) is 94.4 cm³/mol. The summed E-state index contributed by atoms with van der Waals surface area (Å²) in [6, 6.07) is 2.44. The summed E-state index contributed by atoms with van der Waals surface area (Å²) in [6.07, 6.45) is -2.33. The van der Waals surface area contributed by atoms with Gasteiger partial charge in [0.25, 0.3) is 5.91 Å². The minimum absolute atomic E-state index is 0.0460. The van der Waals surface area contributed by atoms with Crippen molar-refractivity contribution in [1.29, 1.82) is 0 Å². The van der Waals surface area contributed by atoms with Gasteiger partial charge in [0, 0.05) is 16.4 Å². The second-order valence-electron chi connectivity index (χ2n) is 6.65. The number of nitrogens with two attached hydrogens (primary N) is 1. The summed E-state index contributed by atoms with van der Waals surface area (Å²) < 4.78 is 55.4. The van der Waals surface area contributed by atoms with Crippen molar-refractivity contribution in [2.45, 2.75) is 32.2 Å². The van der Waals surface area contributed by atoms with Crippen molar-refractivity contribution in [2.24, 2.45) is 16.8 Å². The summed E-state index contributed by atoms with van der Waals surface area (Å²) in [7, 11) is 0. The Morgan fingerprint density at radius 2 is 1.89 bits per heavy atom. The number of carbonyl (C=O) groups excluding carboxylic acids is 1. The minimum atomic E-state index is -2.51. The van der Waals surface area contributed by atoms with E-state index in [2.05, 4.69) is 4.99 Å². The van der Waals surface area contributed by atoms with Gasteiger partial charge in [-0.3, -0.25) is 9.79 Å². The first-order valence-electron chi connectivity index (χ1n) is 8.33. The van der Waals surface area contributed by atoms with E-state index in [1.54, 1.807) is 0 Å². The van der Waals surface area contributed by atoms with Crippen molar-refractivity contribution in [2.75, 3.05) is 5.01 Å². The monoisotopic (exact) mass is 397 g/mol. The average Bonchev–Trinajstić information content (AvgIpc) is 3.14. The van der Waals surface area contributed by atoms with Crippen molar-refractivity contribution in [3.63, 3.8) is 0 Å². The fourth-order valence-corrected chi connectivity index (χ4v) is 4.92. The summed E-state index contributed by atoms with van der Waals surface area (Å²) in [4.78, 5) is 17.3. The molecular weight excluding hydrogens is 382 g/mol. The van der Waals surface area contributed by atoms with Crippen LogP contribution in [0.5, 0.6) is 0 Å². The summed E-state index contributed by atoms with van der Waals surface area (Å²) in [5.41, 5.74) is 0.387. The molecule has 0 fully saturated rings. The van der Waals surface area contributed by atoms with Gasteiger partial charge in [0.15, 0.2) is 0 Å². The predicted octanol–water partition coefficient (Wildman–Crippen LogP) is 3.45. The Balaban J connectivity index is 1.97. The van der Waals surface area contributed by atoms with E-state index in [0.29, 0.717) is 10.4 Å². The van der Waals surface area contributed by atoms with Crippen molar-refractivity contribution in [1.82, 2.24) is 0 Å². The lowest BCUT2D eigenvalue weighted by atomic mass is 9.97. The Bertz CT molecular complexity index is 952. The number of hydrazine groups is 1. The molecule has 0 radical (unpaired) electrons. The lowest BCUT2D eigenvalue weighted by Crippen LogP contribution is -2.41. The van der Waals surface area contributed by atoms with Crippen LogP contribution in [0.4, 0.5) is 22.6 Å². The average molecular weight is 397 g/mol. The largest absolute Gasteiger partial charge is 0.271 e. The summed E-state index contributed by atoms with van der Waals surface area (Å²) in [6.45, 7) is 1.47. The maximum atomic E-state index is 14.5. The van der Waals surface area contributed by atoms with Crippen LogP contribution >= 0.6 is 11.3 Å². The van der Waals surface area contributed by atoms with Crippen LogP contribution in [0.3, 0.4) is 0 Å². The van der Waals surface area contributed by atoms with E-state index in [-0.39, 0.29) is 34.7 Å². The zero-order valence-electron chi connectivity index (χ0n) is 14.2. The third kappa shape index (κ3) is 2.76. The van der Waals surface area contributed by atoms with Crippen LogP contribution in [0.15, 0.2) is 23.2 Å². The molecule has 2 heterocycles. The van der Waals surface area contributed by atoms with E-state index in [1.165, 1.54) is 13.0 Å². The lowest BCUT2D eigenvalue weighted by Gasteiger charge is -2.16. The molecule has 2 atom stereocenters. The minimum Gasteiger partial charge on any atom is -0.271 e. The normalized spacial score (nSPS) is 22.0. The molecule has 1 aromatic heterocycles. The highest BCUT2D eigenvalue weighted by Gasteiger charge is 2.40. The number of hydrogen-bond donors (Lipinski definition) is 1. The first-order valence-corrected chi connectivity index (χ1v) is 9.15. The van der Waals surface area contributed by atoms with E-state index in [0.717, 1.165) is 28.5 Å². The Labute approximate surface area is 156 Å². The van der Waals surface area contributed by atoms with Crippen LogP contribution in [0.1, 0.15) is 28.5 Å². The molecule has 0 bridgehead atoms. The SMILES string of the molecule is C[C@@H]1N=C(c2c(F)cccc2F)c2c(sc3c2CC(C(F)F)C3)N(N)C1=O. The Kier molecular flexibility index (Phi) is 4.31. The highest BCUT2D eigenvalue weighted by Crippen LogP contribution is 2.46. The number of hydrogen-bond acceptors (Lipinski definition) is 4. The van der Waals surface area contributed by atoms with Gasteiger partial charge in [-0.25, -0.2) is 28.4 Å². The molecule has 1 aromatic carbocycles. The molecule has 27 heavy (non-hydrogen) atoms. The topological polar surface area (TPSA) is 58.7 Å². The molecule has 2 aromatic rings. The van der Waals surface area contributed by atoms with E-state index < -0.39 is 35.9 Å². The van der Waals surface area contributed by atoms with Crippen LogP contribution in [-0.4, -0.2) is 24.1 Å². The summed E-state index contributed by atoms with van der Waals surface area (Å²) in [5, 5.41) is 1.19. The number of anilines is 1. The zero-order valence-corrected chi connectivity index (χ0v) is 15.0. The van der Waals surface area contributed by atoms with Gasteiger partial charge in [-0.2, -0.15) is 0 Å². The second kappa shape index (κ2) is 6.42. The van der Waals surface area contributed by atoms with E-state index in [1.807, 2.05) is 0 Å². The molecule has 2 aliphatic rings. The summed E-state index contributed by atoms with van der Waals surface area (Å²) in [5.74, 6) is 2.85. The number of benzene rings is 1. The van der Waals surface area contributed by atoms with Crippen LogP contribution in [-0.2, 0) is 17.6 Å². The van der Waals surface area contributed by atoms with E-state index >= 15 is 0 Å². The van der Waals surface area contributed by atoms with Gasteiger partial charge in [0.2, 0.25) is 6.43 Å². The second-order valence-corrected chi connectivity index (χ2v) is 7.73. The van der Waals surface area contributed by atoms with Crippen molar-refractivity contribution in [3.8, 4) is 0 Å². The lowest BCUT2D eigenvalue weighted by molar-refractivity contribution is -0.119. The number of amides is 1.